The predicted octanol–water partition coefficient (Wildman–Crippen LogP) is 2.17. The molecule has 1 rings (SSSR count). The summed E-state index contributed by atoms with van der Waals surface area (Å²) in [5.41, 5.74) is 1.08. The smallest absolute Gasteiger partial charge is 0.323 e. The third-order valence-corrected chi connectivity index (χ3v) is 2.67. The zero-order valence-electron chi connectivity index (χ0n) is 12.1. The monoisotopic (exact) mass is 265 g/mol. The maximum atomic E-state index is 11.6. The number of esters is 1. The molecule has 1 aromatic carbocycles. The molecule has 0 unspecified atom stereocenters. The summed E-state index contributed by atoms with van der Waals surface area (Å²) in [7, 11) is 1.41. The number of hydrogen-bond donors (Lipinski definition) is 1. The molecule has 0 heterocycles. The third-order valence-electron chi connectivity index (χ3n) is 2.67. The Hall–Kier alpha value is -1.55. The largest absolute Gasteiger partial charge is 0.491 e. The van der Waals surface area contributed by atoms with Crippen molar-refractivity contribution in [3.05, 3.63) is 29.8 Å². The lowest BCUT2D eigenvalue weighted by Gasteiger charge is -2.16. The molecule has 106 valence electrons. The van der Waals surface area contributed by atoms with Gasteiger partial charge in [0, 0.05) is 0 Å². The fourth-order valence-corrected chi connectivity index (χ4v) is 1.84. The van der Waals surface area contributed by atoms with Crippen LogP contribution in [0.15, 0.2) is 24.3 Å². The maximum Gasteiger partial charge on any atom is 0.323 e. The molecule has 0 saturated heterocycles. The number of hydrogen-bond acceptors (Lipinski definition) is 4. The van der Waals surface area contributed by atoms with Crippen molar-refractivity contribution in [3.8, 4) is 5.75 Å². The van der Waals surface area contributed by atoms with Crippen LogP contribution in [0.2, 0.25) is 0 Å². The van der Waals surface area contributed by atoms with Crippen LogP contribution in [0.3, 0.4) is 0 Å². The zero-order valence-corrected chi connectivity index (χ0v) is 12.1. The fourth-order valence-electron chi connectivity index (χ4n) is 1.84. The molecular weight excluding hydrogens is 242 g/mol. The van der Waals surface area contributed by atoms with Crippen LogP contribution in [-0.2, 0) is 16.0 Å². The molecule has 0 aliphatic carbocycles. The van der Waals surface area contributed by atoms with Crippen LogP contribution in [-0.4, -0.2) is 31.8 Å². The Morgan fingerprint density at radius 1 is 1.26 bits per heavy atom. The van der Waals surface area contributed by atoms with Crippen LogP contribution in [0, 0.1) is 0 Å². The number of carbonyl (C=O) groups excluding carboxylic acids is 1. The molecule has 0 bridgehead atoms. The minimum absolute atomic E-state index is 0.162. The Morgan fingerprint density at radius 3 is 2.37 bits per heavy atom. The second-order valence-electron chi connectivity index (χ2n) is 4.65. The summed E-state index contributed by atoms with van der Waals surface area (Å²) in [4.78, 5) is 11.6. The lowest BCUT2D eigenvalue weighted by Crippen LogP contribution is -2.39. The summed E-state index contributed by atoms with van der Waals surface area (Å²) in [6, 6.07) is 7.51. The highest BCUT2D eigenvalue weighted by Gasteiger charge is 2.18. The van der Waals surface area contributed by atoms with Gasteiger partial charge in [0.15, 0.2) is 0 Å². The molecular formula is C15H23NO3. The molecule has 0 spiro atoms. The van der Waals surface area contributed by atoms with Crippen LogP contribution in [0.1, 0.15) is 26.3 Å². The minimum Gasteiger partial charge on any atom is -0.491 e. The fraction of sp³-hybridized carbons (Fsp3) is 0.533. The van der Waals surface area contributed by atoms with Gasteiger partial charge in [0.25, 0.3) is 0 Å². The number of nitrogens with one attached hydrogen (secondary N) is 1. The number of methoxy groups -OCH3 is 1. The highest BCUT2D eigenvalue weighted by atomic mass is 16.5. The first-order chi connectivity index (χ1) is 9.06. The average Bonchev–Trinajstić information content (AvgIpc) is 2.39. The average molecular weight is 265 g/mol. The van der Waals surface area contributed by atoms with E-state index in [0.717, 1.165) is 17.9 Å². The van der Waals surface area contributed by atoms with Gasteiger partial charge < -0.3 is 14.8 Å². The van der Waals surface area contributed by atoms with Crippen molar-refractivity contribution >= 4 is 5.97 Å². The lowest BCUT2D eigenvalue weighted by atomic mass is 10.1. The Labute approximate surface area is 115 Å². The van der Waals surface area contributed by atoms with Crippen molar-refractivity contribution in [2.75, 3.05) is 13.7 Å². The van der Waals surface area contributed by atoms with Crippen molar-refractivity contribution in [3.63, 3.8) is 0 Å². The van der Waals surface area contributed by atoms with E-state index < -0.39 is 0 Å². The molecule has 19 heavy (non-hydrogen) atoms. The van der Waals surface area contributed by atoms with E-state index in [4.69, 9.17) is 9.47 Å². The molecule has 0 fully saturated rings. The zero-order chi connectivity index (χ0) is 14.3. The SMILES string of the molecule is CCN[C@@H](Cc1ccc(OC(C)C)cc1)C(=O)OC. The van der Waals surface area contributed by atoms with E-state index in [2.05, 4.69) is 5.32 Å². The quantitative estimate of drug-likeness (QED) is 0.768. The second-order valence-corrected chi connectivity index (χ2v) is 4.65. The molecule has 4 heteroatoms. The Kier molecular flexibility index (Phi) is 6.36. The summed E-state index contributed by atoms with van der Waals surface area (Å²) < 4.78 is 10.4. The van der Waals surface area contributed by atoms with Gasteiger partial charge in [-0.1, -0.05) is 19.1 Å². The van der Waals surface area contributed by atoms with Gasteiger partial charge in [-0.15, -0.1) is 0 Å². The second kappa shape index (κ2) is 7.79. The van der Waals surface area contributed by atoms with Crippen molar-refractivity contribution in [1.29, 1.82) is 0 Å². The molecule has 0 radical (unpaired) electrons. The number of ether oxygens (including phenoxy) is 2. The molecule has 1 atom stereocenters. The van der Waals surface area contributed by atoms with Gasteiger partial charge in [-0.3, -0.25) is 4.79 Å². The van der Waals surface area contributed by atoms with Crippen LogP contribution in [0.5, 0.6) is 5.75 Å². The van der Waals surface area contributed by atoms with Gasteiger partial charge in [-0.25, -0.2) is 0 Å². The highest BCUT2D eigenvalue weighted by Crippen LogP contribution is 2.15. The minimum atomic E-state index is -0.299. The third kappa shape index (κ3) is 5.30. The summed E-state index contributed by atoms with van der Waals surface area (Å²) in [5.74, 6) is 0.612. The Morgan fingerprint density at radius 2 is 1.89 bits per heavy atom. The first-order valence-corrected chi connectivity index (χ1v) is 6.63. The number of likely N-dealkylation sites (N-methyl/N-ethyl adjacent to an activating group) is 1. The van der Waals surface area contributed by atoms with E-state index in [1.807, 2.05) is 45.0 Å². The van der Waals surface area contributed by atoms with Gasteiger partial charge in [0.1, 0.15) is 11.8 Å². The molecule has 4 nitrogen and oxygen atoms in total. The molecule has 0 amide bonds. The number of carbonyl (C=O) groups is 1. The number of benzene rings is 1. The topological polar surface area (TPSA) is 47.6 Å². The molecule has 0 aromatic heterocycles. The normalized spacial score (nSPS) is 12.3. The summed E-state index contributed by atoms with van der Waals surface area (Å²) in [6.45, 7) is 6.68. The molecule has 1 N–H and O–H groups in total. The Balaban J connectivity index is 2.66. The van der Waals surface area contributed by atoms with E-state index in [9.17, 15) is 4.79 Å². The van der Waals surface area contributed by atoms with Crippen LogP contribution < -0.4 is 10.1 Å². The van der Waals surface area contributed by atoms with E-state index in [1.54, 1.807) is 0 Å². The van der Waals surface area contributed by atoms with Crippen LogP contribution >= 0.6 is 0 Å². The molecule has 0 saturated carbocycles. The van der Waals surface area contributed by atoms with Crippen molar-refractivity contribution < 1.29 is 14.3 Å². The maximum absolute atomic E-state index is 11.6. The summed E-state index contributed by atoms with van der Waals surface area (Å²) in [5, 5.41) is 3.12. The summed E-state index contributed by atoms with van der Waals surface area (Å²) in [6.07, 6.45) is 0.776. The van der Waals surface area contributed by atoms with Gasteiger partial charge in [-0.2, -0.15) is 0 Å². The standard InChI is InChI=1S/C15H23NO3/c1-5-16-14(15(17)18-4)10-12-6-8-13(9-7-12)19-11(2)3/h6-9,11,14,16H,5,10H2,1-4H3/t14-/m0/s1. The lowest BCUT2D eigenvalue weighted by molar-refractivity contribution is -0.143. The first-order valence-electron chi connectivity index (χ1n) is 6.63. The van der Waals surface area contributed by atoms with Gasteiger partial charge in [0.2, 0.25) is 0 Å². The molecule has 0 aliphatic heterocycles. The van der Waals surface area contributed by atoms with Crippen molar-refractivity contribution in [1.82, 2.24) is 5.32 Å². The van der Waals surface area contributed by atoms with Crippen LogP contribution in [0.4, 0.5) is 0 Å². The summed E-state index contributed by atoms with van der Waals surface area (Å²) >= 11 is 0. The van der Waals surface area contributed by atoms with E-state index >= 15 is 0 Å². The molecule has 1 aromatic rings. The van der Waals surface area contributed by atoms with E-state index in [1.165, 1.54) is 7.11 Å². The van der Waals surface area contributed by atoms with E-state index in [-0.39, 0.29) is 18.1 Å². The van der Waals surface area contributed by atoms with Crippen LogP contribution in [0.25, 0.3) is 0 Å². The van der Waals surface area contributed by atoms with Gasteiger partial charge >= 0.3 is 5.97 Å². The van der Waals surface area contributed by atoms with Crippen molar-refractivity contribution in [2.24, 2.45) is 0 Å². The first kappa shape index (κ1) is 15.5. The highest BCUT2D eigenvalue weighted by molar-refractivity contribution is 5.76. The Bertz CT molecular complexity index is 387. The molecule has 0 aliphatic rings. The van der Waals surface area contributed by atoms with E-state index in [0.29, 0.717) is 6.42 Å². The van der Waals surface area contributed by atoms with Gasteiger partial charge in [0.05, 0.1) is 13.2 Å². The van der Waals surface area contributed by atoms with Crippen molar-refractivity contribution in [2.45, 2.75) is 39.3 Å². The van der Waals surface area contributed by atoms with Gasteiger partial charge in [-0.05, 0) is 44.5 Å². The predicted molar refractivity (Wildman–Crippen MR) is 75.4 cm³/mol. The number of rotatable bonds is 7.